The second-order valence-electron chi connectivity index (χ2n) is 16.8. The van der Waals surface area contributed by atoms with E-state index in [4.69, 9.17) is 0 Å². The van der Waals surface area contributed by atoms with E-state index in [0.29, 0.717) is 0 Å². The zero-order valence-electron chi connectivity index (χ0n) is 35.3. The van der Waals surface area contributed by atoms with Crippen molar-refractivity contribution >= 4 is 38.6 Å². The lowest BCUT2D eigenvalue weighted by molar-refractivity contribution is 0.768. The summed E-state index contributed by atoms with van der Waals surface area (Å²) >= 11 is 0. The summed E-state index contributed by atoms with van der Waals surface area (Å²) in [5, 5.41) is 4.99. The van der Waals surface area contributed by atoms with Crippen LogP contribution in [0.5, 0.6) is 0 Å². The van der Waals surface area contributed by atoms with Crippen molar-refractivity contribution in [3.8, 4) is 44.5 Å². The summed E-state index contributed by atoms with van der Waals surface area (Å²) in [6.07, 6.45) is 0. The standard InChI is InChI=1S/C63H43N/c1-3-22-49(23-4-1)63(50-24-5-2-6-25-50)60-33-12-11-29-59(60)62-58(32-16-34-61(62)63)47-37-41-52(42-38-47)64(51-39-35-46(36-40-51)56-30-14-19-44-17-7-9-27-54(44)56)53-26-13-21-48(43-53)57-31-15-20-45-18-8-10-28-55(45)57/h1-43H. The molecule has 0 spiro atoms. The van der Waals surface area contributed by atoms with E-state index in [-0.39, 0.29) is 0 Å². The monoisotopic (exact) mass is 813 g/mol. The predicted molar refractivity (Wildman–Crippen MR) is 270 cm³/mol. The molecule has 0 saturated heterocycles. The second-order valence-corrected chi connectivity index (χ2v) is 16.8. The van der Waals surface area contributed by atoms with Crippen molar-refractivity contribution in [3.05, 3.63) is 283 Å². The topological polar surface area (TPSA) is 3.24 Å². The van der Waals surface area contributed by atoms with Gasteiger partial charge in [-0.3, -0.25) is 0 Å². The average Bonchev–Trinajstić information content (AvgIpc) is 3.68. The van der Waals surface area contributed by atoms with Crippen molar-refractivity contribution in [2.24, 2.45) is 0 Å². The van der Waals surface area contributed by atoms with E-state index in [1.807, 2.05) is 0 Å². The Bertz CT molecular complexity index is 3430. The van der Waals surface area contributed by atoms with E-state index in [1.54, 1.807) is 0 Å². The third-order valence-corrected chi connectivity index (χ3v) is 13.4. The Hall–Kier alpha value is -8.26. The molecule has 1 aliphatic rings. The Kier molecular flexibility index (Phi) is 9.13. The lowest BCUT2D eigenvalue weighted by Crippen LogP contribution is -2.28. The van der Waals surface area contributed by atoms with Crippen LogP contribution in [-0.2, 0) is 5.41 Å². The van der Waals surface area contributed by atoms with E-state index < -0.39 is 5.41 Å². The minimum atomic E-state index is -0.450. The fourth-order valence-electron chi connectivity index (χ4n) is 10.5. The van der Waals surface area contributed by atoms with E-state index >= 15 is 0 Å². The van der Waals surface area contributed by atoms with Crippen LogP contribution in [0.2, 0.25) is 0 Å². The molecule has 1 aliphatic carbocycles. The Morgan fingerprint density at radius 1 is 0.266 bits per heavy atom. The van der Waals surface area contributed by atoms with Crippen molar-refractivity contribution in [3.63, 3.8) is 0 Å². The van der Waals surface area contributed by atoms with E-state index in [1.165, 1.54) is 88.3 Å². The number of nitrogens with zero attached hydrogens (tertiary/aromatic N) is 1. The predicted octanol–water partition coefficient (Wildman–Crippen LogP) is 16.8. The molecule has 0 radical (unpaired) electrons. The van der Waals surface area contributed by atoms with Crippen molar-refractivity contribution < 1.29 is 0 Å². The first-order valence-corrected chi connectivity index (χ1v) is 22.2. The number of rotatable bonds is 8. The molecule has 1 nitrogen and oxygen atoms in total. The molecule has 12 rings (SSSR count). The van der Waals surface area contributed by atoms with Gasteiger partial charge in [-0.1, -0.05) is 224 Å². The molecule has 11 aromatic rings. The fourth-order valence-corrected chi connectivity index (χ4v) is 10.5. The van der Waals surface area contributed by atoms with Crippen LogP contribution in [0.3, 0.4) is 0 Å². The Labute approximate surface area is 374 Å². The van der Waals surface area contributed by atoms with Gasteiger partial charge in [0.25, 0.3) is 0 Å². The van der Waals surface area contributed by atoms with E-state index in [0.717, 1.165) is 17.1 Å². The molecule has 0 heterocycles. The summed E-state index contributed by atoms with van der Waals surface area (Å²) in [6.45, 7) is 0. The number of hydrogen-bond donors (Lipinski definition) is 0. The molecule has 0 unspecified atom stereocenters. The summed E-state index contributed by atoms with van der Waals surface area (Å²) < 4.78 is 0. The highest BCUT2D eigenvalue weighted by Gasteiger charge is 2.46. The second kappa shape index (κ2) is 15.6. The molecule has 0 aliphatic heterocycles. The van der Waals surface area contributed by atoms with Gasteiger partial charge in [0.15, 0.2) is 0 Å². The van der Waals surface area contributed by atoms with Crippen LogP contribution < -0.4 is 4.90 Å². The van der Waals surface area contributed by atoms with Gasteiger partial charge in [-0.2, -0.15) is 0 Å². The van der Waals surface area contributed by atoms with E-state index in [2.05, 4.69) is 266 Å². The van der Waals surface area contributed by atoms with Gasteiger partial charge in [0.1, 0.15) is 0 Å². The van der Waals surface area contributed by atoms with Gasteiger partial charge in [-0.25, -0.2) is 0 Å². The molecule has 64 heavy (non-hydrogen) atoms. The van der Waals surface area contributed by atoms with Gasteiger partial charge in [-0.15, -0.1) is 0 Å². The number of hydrogen-bond acceptors (Lipinski definition) is 1. The summed E-state index contributed by atoms with van der Waals surface area (Å²) in [5.41, 5.74) is 17.8. The number of fused-ring (bicyclic) bond motifs is 5. The van der Waals surface area contributed by atoms with Crippen LogP contribution in [0.4, 0.5) is 17.1 Å². The Morgan fingerprint density at radius 2 is 0.703 bits per heavy atom. The Balaban J connectivity index is 1.000. The minimum absolute atomic E-state index is 0.450. The average molecular weight is 814 g/mol. The molecule has 0 atom stereocenters. The molecule has 300 valence electrons. The quantitative estimate of drug-likeness (QED) is 0.148. The summed E-state index contributed by atoms with van der Waals surface area (Å²) in [5.74, 6) is 0. The zero-order valence-corrected chi connectivity index (χ0v) is 35.3. The Morgan fingerprint density at radius 3 is 1.33 bits per heavy atom. The van der Waals surface area contributed by atoms with Gasteiger partial charge in [0.2, 0.25) is 0 Å². The molecule has 1 heteroatoms. The van der Waals surface area contributed by atoms with Crippen molar-refractivity contribution in [1.82, 2.24) is 0 Å². The van der Waals surface area contributed by atoms with Gasteiger partial charge in [-0.05, 0) is 125 Å². The number of anilines is 3. The smallest absolute Gasteiger partial charge is 0.0713 e. The maximum absolute atomic E-state index is 2.39. The highest BCUT2D eigenvalue weighted by molar-refractivity contribution is 5.99. The lowest BCUT2D eigenvalue weighted by Gasteiger charge is -2.34. The lowest BCUT2D eigenvalue weighted by atomic mass is 9.67. The first-order valence-electron chi connectivity index (χ1n) is 22.2. The van der Waals surface area contributed by atoms with Crippen LogP contribution >= 0.6 is 0 Å². The maximum Gasteiger partial charge on any atom is 0.0713 e. The van der Waals surface area contributed by atoms with Crippen molar-refractivity contribution in [2.75, 3.05) is 4.90 Å². The first-order chi connectivity index (χ1) is 31.8. The third kappa shape index (κ3) is 6.08. The van der Waals surface area contributed by atoms with Crippen LogP contribution in [0.25, 0.3) is 66.1 Å². The molecule has 0 aromatic heterocycles. The zero-order chi connectivity index (χ0) is 42.5. The fraction of sp³-hybridized carbons (Fsp3) is 0.0159. The molecule has 0 N–H and O–H groups in total. The van der Waals surface area contributed by atoms with Gasteiger partial charge < -0.3 is 4.90 Å². The third-order valence-electron chi connectivity index (χ3n) is 13.4. The normalized spacial score (nSPS) is 12.5. The van der Waals surface area contributed by atoms with Crippen LogP contribution in [0.15, 0.2) is 261 Å². The highest BCUT2D eigenvalue weighted by Crippen LogP contribution is 2.58. The van der Waals surface area contributed by atoms with Gasteiger partial charge in [0, 0.05) is 17.1 Å². The molecule has 11 aromatic carbocycles. The van der Waals surface area contributed by atoms with Gasteiger partial charge in [0.05, 0.1) is 5.41 Å². The van der Waals surface area contributed by atoms with Crippen LogP contribution in [-0.4, -0.2) is 0 Å². The molecule has 0 amide bonds. The molecule has 0 bridgehead atoms. The highest BCUT2D eigenvalue weighted by atomic mass is 15.1. The summed E-state index contributed by atoms with van der Waals surface area (Å²) in [4.78, 5) is 2.39. The van der Waals surface area contributed by atoms with Crippen molar-refractivity contribution in [1.29, 1.82) is 0 Å². The van der Waals surface area contributed by atoms with Gasteiger partial charge >= 0.3 is 0 Å². The molecule has 0 saturated carbocycles. The largest absolute Gasteiger partial charge is 0.310 e. The maximum atomic E-state index is 2.39. The summed E-state index contributed by atoms with van der Waals surface area (Å²) in [7, 11) is 0. The molecule has 0 fully saturated rings. The number of benzene rings is 11. The molecular formula is C63H43N. The minimum Gasteiger partial charge on any atom is -0.310 e. The van der Waals surface area contributed by atoms with Crippen LogP contribution in [0, 0.1) is 0 Å². The van der Waals surface area contributed by atoms with Crippen LogP contribution in [0.1, 0.15) is 22.3 Å². The van der Waals surface area contributed by atoms with Crippen molar-refractivity contribution in [2.45, 2.75) is 5.41 Å². The molecular weight excluding hydrogens is 771 g/mol. The SMILES string of the molecule is c1ccc(C2(c3ccccc3)c3ccccc3-c3c(-c4ccc(N(c5ccc(-c6cccc7ccccc67)cc5)c5cccc(-c6cccc7ccccc67)c5)cc4)cccc32)cc1. The summed E-state index contributed by atoms with van der Waals surface area (Å²) in [6, 6.07) is 95.7. The first kappa shape index (κ1) is 37.5. The van der Waals surface area contributed by atoms with E-state index in [9.17, 15) is 0 Å².